The Kier molecular flexibility index (Phi) is 3.38. The van der Waals surface area contributed by atoms with E-state index in [4.69, 9.17) is 0 Å². The lowest BCUT2D eigenvalue weighted by atomic mass is 9.99. The van der Waals surface area contributed by atoms with E-state index in [9.17, 15) is 10.2 Å². The largest absolute Gasteiger partial charge is 0.389 e. The predicted molar refractivity (Wildman–Crippen MR) is 54.0 cm³/mol. The first kappa shape index (κ1) is 10.4. The van der Waals surface area contributed by atoms with Crippen LogP contribution in [0.15, 0.2) is 0 Å². The molecule has 0 aliphatic carbocycles. The van der Waals surface area contributed by atoms with Crippen molar-refractivity contribution in [1.82, 2.24) is 10.2 Å². The van der Waals surface area contributed by atoms with E-state index in [1.165, 1.54) is 12.8 Å². The number of hydrogen-bond acceptors (Lipinski definition) is 4. The van der Waals surface area contributed by atoms with Gasteiger partial charge in [-0.2, -0.15) is 0 Å². The minimum Gasteiger partial charge on any atom is -0.389 e. The number of aliphatic hydroxyl groups is 2. The van der Waals surface area contributed by atoms with Crippen molar-refractivity contribution in [3.8, 4) is 0 Å². The lowest BCUT2D eigenvalue weighted by Gasteiger charge is -2.27. The van der Waals surface area contributed by atoms with Crippen molar-refractivity contribution in [2.45, 2.75) is 25.0 Å². The molecule has 0 saturated carbocycles. The molecule has 4 heteroatoms. The molecule has 2 saturated heterocycles. The van der Waals surface area contributed by atoms with Crippen molar-refractivity contribution >= 4 is 0 Å². The first-order valence-corrected chi connectivity index (χ1v) is 5.55. The second-order valence-electron chi connectivity index (χ2n) is 4.57. The van der Waals surface area contributed by atoms with Gasteiger partial charge in [-0.05, 0) is 31.8 Å². The Morgan fingerprint density at radius 2 is 1.93 bits per heavy atom. The van der Waals surface area contributed by atoms with Crippen LogP contribution in [0, 0.1) is 5.92 Å². The monoisotopic (exact) mass is 200 g/mol. The highest BCUT2D eigenvalue weighted by molar-refractivity contribution is 4.85. The normalized spacial score (nSPS) is 40.3. The van der Waals surface area contributed by atoms with Crippen molar-refractivity contribution < 1.29 is 10.2 Å². The van der Waals surface area contributed by atoms with E-state index in [0.29, 0.717) is 19.0 Å². The molecular formula is C10H20N2O2. The molecule has 0 bridgehead atoms. The standard InChI is InChI=1S/C10H20N2O2/c13-9-6-12(7-10(9)14)5-8-2-1-3-11-4-8/h8-11,13-14H,1-7H2. The van der Waals surface area contributed by atoms with Gasteiger partial charge in [-0.3, -0.25) is 4.90 Å². The van der Waals surface area contributed by atoms with E-state index in [1.807, 2.05) is 0 Å². The molecule has 4 nitrogen and oxygen atoms in total. The number of likely N-dealkylation sites (tertiary alicyclic amines) is 1. The van der Waals surface area contributed by atoms with E-state index in [2.05, 4.69) is 10.2 Å². The minimum atomic E-state index is -0.536. The Labute approximate surface area is 84.9 Å². The van der Waals surface area contributed by atoms with E-state index in [-0.39, 0.29) is 0 Å². The maximum atomic E-state index is 9.39. The summed E-state index contributed by atoms with van der Waals surface area (Å²) in [6.07, 6.45) is 1.46. The van der Waals surface area contributed by atoms with Crippen LogP contribution in [0.5, 0.6) is 0 Å². The lowest BCUT2D eigenvalue weighted by molar-refractivity contribution is 0.0572. The van der Waals surface area contributed by atoms with Crippen LogP contribution in [0.25, 0.3) is 0 Å². The van der Waals surface area contributed by atoms with Gasteiger partial charge in [0, 0.05) is 19.6 Å². The molecule has 2 rings (SSSR count). The molecule has 0 aromatic rings. The third-order valence-electron chi connectivity index (χ3n) is 3.25. The molecule has 3 atom stereocenters. The van der Waals surface area contributed by atoms with Crippen molar-refractivity contribution in [2.24, 2.45) is 5.92 Å². The molecule has 2 aliphatic rings. The molecule has 82 valence electrons. The summed E-state index contributed by atoms with van der Waals surface area (Å²) in [7, 11) is 0. The summed E-state index contributed by atoms with van der Waals surface area (Å²) in [6, 6.07) is 0. The van der Waals surface area contributed by atoms with Crippen LogP contribution in [0.1, 0.15) is 12.8 Å². The van der Waals surface area contributed by atoms with Crippen LogP contribution in [0.2, 0.25) is 0 Å². The lowest BCUT2D eigenvalue weighted by Crippen LogP contribution is -2.37. The van der Waals surface area contributed by atoms with Crippen molar-refractivity contribution in [1.29, 1.82) is 0 Å². The SMILES string of the molecule is OC1CN(CC2CCCNC2)CC1O. The van der Waals surface area contributed by atoms with Crippen LogP contribution < -0.4 is 5.32 Å². The maximum Gasteiger partial charge on any atom is 0.0938 e. The zero-order valence-electron chi connectivity index (χ0n) is 8.52. The van der Waals surface area contributed by atoms with Gasteiger partial charge in [0.2, 0.25) is 0 Å². The number of hydrogen-bond donors (Lipinski definition) is 3. The van der Waals surface area contributed by atoms with Gasteiger partial charge in [0.1, 0.15) is 0 Å². The van der Waals surface area contributed by atoms with Gasteiger partial charge in [-0.15, -0.1) is 0 Å². The Hall–Kier alpha value is -0.160. The quantitative estimate of drug-likeness (QED) is 0.536. The smallest absolute Gasteiger partial charge is 0.0938 e. The minimum absolute atomic E-state index is 0.536. The van der Waals surface area contributed by atoms with Gasteiger partial charge < -0.3 is 15.5 Å². The molecule has 3 unspecified atom stereocenters. The number of nitrogens with zero attached hydrogens (tertiary/aromatic N) is 1. The van der Waals surface area contributed by atoms with Crippen molar-refractivity contribution in [3.63, 3.8) is 0 Å². The van der Waals surface area contributed by atoms with E-state index in [0.717, 1.165) is 19.6 Å². The second kappa shape index (κ2) is 4.57. The number of rotatable bonds is 2. The number of β-amino-alcohol motifs (C(OH)–C–C–N with tert-alkyl or cyclic N) is 2. The van der Waals surface area contributed by atoms with Gasteiger partial charge >= 0.3 is 0 Å². The van der Waals surface area contributed by atoms with Gasteiger partial charge in [-0.25, -0.2) is 0 Å². The molecule has 0 aromatic heterocycles. The molecule has 0 amide bonds. The van der Waals surface area contributed by atoms with Gasteiger partial charge in [0.05, 0.1) is 12.2 Å². The highest BCUT2D eigenvalue weighted by atomic mass is 16.3. The molecule has 0 radical (unpaired) electrons. The van der Waals surface area contributed by atoms with Crippen LogP contribution in [0.3, 0.4) is 0 Å². The van der Waals surface area contributed by atoms with Crippen LogP contribution in [0.4, 0.5) is 0 Å². The Morgan fingerprint density at radius 3 is 2.50 bits per heavy atom. The fraction of sp³-hybridized carbons (Fsp3) is 1.00. The molecule has 2 aliphatic heterocycles. The van der Waals surface area contributed by atoms with Gasteiger partial charge in [0.15, 0.2) is 0 Å². The fourth-order valence-electron chi connectivity index (χ4n) is 2.44. The van der Waals surface area contributed by atoms with E-state index < -0.39 is 12.2 Å². The fourth-order valence-corrected chi connectivity index (χ4v) is 2.44. The summed E-state index contributed by atoms with van der Waals surface area (Å²) in [6.45, 7) is 4.51. The zero-order valence-corrected chi connectivity index (χ0v) is 8.52. The summed E-state index contributed by atoms with van der Waals surface area (Å²) in [5.41, 5.74) is 0. The topological polar surface area (TPSA) is 55.7 Å². The Morgan fingerprint density at radius 1 is 1.21 bits per heavy atom. The average molecular weight is 200 g/mol. The summed E-state index contributed by atoms with van der Waals surface area (Å²) >= 11 is 0. The third-order valence-corrected chi connectivity index (χ3v) is 3.25. The summed E-state index contributed by atoms with van der Waals surface area (Å²) in [5, 5.41) is 22.2. The van der Waals surface area contributed by atoms with Gasteiger partial charge in [0.25, 0.3) is 0 Å². The Balaban J connectivity index is 1.74. The number of aliphatic hydroxyl groups excluding tert-OH is 2. The molecule has 14 heavy (non-hydrogen) atoms. The second-order valence-corrected chi connectivity index (χ2v) is 4.57. The average Bonchev–Trinajstić information content (AvgIpc) is 2.47. The van der Waals surface area contributed by atoms with Crippen molar-refractivity contribution in [2.75, 3.05) is 32.7 Å². The number of piperidine rings is 1. The van der Waals surface area contributed by atoms with Gasteiger partial charge in [-0.1, -0.05) is 0 Å². The maximum absolute atomic E-state index is 9.39. The molecule has 3 N–H and O–H groups in total. The van der Waals surface area contributed by atoms with Crippen molar-refractivity contribution in [3.05, 3.63) is 0 Å². The molecule has 2 heterocycles. The summed E-state index contributed by atoms with van der Waals surface area (Å²) in [4.78, 5) is 2.17. The summed E-state index contributed by atoms with van der Waals surface area (Å²) < 4.78 is 0. The van der Waals surface area contributed by atoms with E-state index >= 15 is 0 Å². The van der Waals surface area contributed by atoms with Crippen LogP contribution >= 0.6 is 0 Å². The predicted octanol–water partition coefficient (Wildman–Crippen LogP) is -0.977. The van der Waals surface area contributed by atoms with E-state index in [1.54, 1.807) is 0 Å². The van der Waals surface area contributed by atoms with Crippen LogP contribution in [-0.2, 0) is 0 Å². The van der Waals surface area contributed by atoms with Crippen LogP contribution in [-0.4, -0.2) is 60.0 Å². The molecule has 2 fully saturated rings. The Bertz CT molecular complexity index is 173. The molecular weight excluding hydrogens is 180 g/mol. The third kappa shape index (κ3) is 2.45. The summed E-state index contributed by atoms with van der Waals surface area (Å²) in [5.74, 6) is 0.696. The first-order valence-electron chi connectivity index (χ1n) is 5.55. The first-order chi connectivity index (χ1) is 6.75. The number of nitrogens with one attached hydrogen (secondary N) is 1. The molecule has 0 aromatic carbocycles. The highest BCUT2D eigenvalue weighted by Crippen LogP contribution is 2.16. The zero-order chi connectivity index (χ0) is 9.97. The molecule has 0 spiro atoms. The highest BCUT2D eigenvalue weighted by Gasteiger charge is 2.30.